The molecule has 0 radical (unpaired) electrons. The second-order valence-corrected chi connectivity index (χ2v) is 6.53. The second-order valence-electron chi connectivity index (χ2n) is 6.53. The maximum atomic E-state index is 12.5. The van der Waals surface area contributed by atoms with Crippen LogP contribution in [0.5, 0.6) is 0 Å². The van der Waals surface area contributed by atoms with Crippen molar-refractivity contribution in [1.29, 1.82) is 0 Å². The first-order chi connectivity index (χ1) is 10.7. The smallest absolute Gasteiger partial charge is 0.236 e. The highest BCUT2D eigenvalue weighted by molar-refractivity contribution is 5.78. The zero-order chi connectivity index (χ0) is 15.4. The number of carbonyl (C=O) groups excluding carboxylic acids is 1. The zero-order valence-electron chi connectivity index (χ0n) is 13.6. The highest BCUT2D eigenvalue weighted by atomic mass is 16.2. The van der Waals surface area contributed by atoms with Gasteiger partial charge >= 0.3 is 0 Å². The molecule has 0 N–H and O–H groups in total. The molecule has 0 spiro atoms. The van der Waals surface area contributed by atoms with Crippen molar-refractivity contribution in [3.05, 3.63) is 30.3 Å². The van der Waals surface area contributed by atoms with Gasteiger partial charge in [-0.25, -0.2) is 0 Å². The predicted molar refractivity (Wildman–Crippen MR) is 90.1 cm³/mol. The molecule has 0 unspecified atom stereocenters. The Morgan fingerprint density at radius 1 is 1.05 bits per heavy atom. The van der Waals surface area contributed by atoms with Gasteiger partial charge in [-0.3, -0.25) is 9.69 Å². The molecule has 1 amide bonds. The number of likely N-dealkylation sites (tertiary alicyclic amines) is 1. The molecule has 1 aromatic rings. The highest BCUT2D eigenvalue weighted by Gasteiger charge is 2.26. The summed E-state index contributed by atoms with van der Waals surface area (Å²) in [6.07, 6.45) is 3.59. The molecule has 1 atom stereocenters. The first-order valence-electron chi connectivity index (χ1n) is 8.56. The van der Waals surface area contributed by atoms with Crippen LogP contribution in [0.2, 0.25) is 0 Å². The molecule has 3 rings (SSSR count). The maximum absolute atomic E-state index is 12.5. The van der Waals surface area contributed by atoms with Crippen LogP contribution < -0.4 is 4.90 Å². The fraction of sp³-hybridized carbons (Fsp3) is 0.611. The van der Waals surface area contributed by atoms with Gasteiger partial charge in [-0.05, 0) is 38.3 Å². The lowest BCUT2D eigenvalue weighted by Crippen LogP contribution is -2.52. The fourth-order valence-electron chi connectivity index (χ4n) is 3.55. The number of piperazine rings is 1. The Morgan fingerprint density at radius 3 is 2.45 bits per heavy atom. The van der Waals surface area contributed by atoms with E-state index in [0.717, 1.165) is 45.6 Å². The number of hydrogen-bond acceptors (Lipinski definition) is 3. The molecule has 2 fully saturated rings. The summed E-state index contributed by atoms with van der Waals surface area (Å²) >= 11 is 0. The minimum absolute atomic E-state index is 0.320. The Kier molecular flexibility index (Phi) is 4.98. The van der Waals surface area contributed by atoms with Crippen molar-refractivity contribution in [3.63, 3.8) is 0 Å². The van der Waals surface area contributed by atoms with E-state index in [4.69, 9.17) is 0 Å². The number of hydrogen-bond donors (Lipinski definition) is 0. The highest BCUT2D eigenvalue weighted by Crippen LogP contribution is 2.18. The maximum Gasteiger partial charge on any atom is 0.236 e. The number of rotatable bonds is 3. The minimum Gasteiger partial charge on any atom is -0.369 e. The van der Waals surface area contributed by atoms with Gasteiger partial charge in [0.25, 0.3) is 0 Å². The zero-order valence-corrected chi connectivity index (χ0v) is 13.6. The van der Waals surface area contributed by atoms with Crippen LogP contribution in [0.15, 0.2) is 30.3 Å². The van der Waals surface area contributed by atoms with Crippen LogP contribution in [0, 0.1) is 0 Å². The molecule has 4 heteroatoms. The topological polar surface area (TPSA) is 26.8 Å². The fourth-order valence-corrected chi connectivity index (χ4v) is 3.55. The van der Waals surface area contributed by atoms with Crippen molar-refractivity contribution in [2.45, 2.75) is 32.2 Å². The number of benzene rings is 1. The number of nitrogens with zero attached hydrogens (tertiary/aromatic N) is 3. The average molecular weight is 301 g/mol. The molecule has 120 valence electrons. The normalized spacial score (nSPS) is 23.6. The monoisotopic (exact) mass is 301 g/mol. The van der Waals surface area contributed by atoms with Crippen LogP contribution in [0.1, 0.15) is 26.2 Å². The molecule has 0 aliphatic carbocycles. The third-order valence-electron chi connectivity index (χ3n) is 4.98. The minimum atomic E-state index is 0.320. The van der Waals surface area contributed by atoms with E-state index in [1.54, 1.807) is 0 Å². The number of amides is 1. The van der Waals surface area contributed by atoms with Crippen molar-refractivity contribution < 1.29 is 4.79 Å². The number of anilines is 1. The van der Waals surface area contributed by atoms with Crippen LogP contribution in [-0.2, 0) is 4.79 Å². The molecule has 22 heavy (non-hydrogen) atoms. The van der Waals surface area contributed by atoms with Gasteiger partial charge in [-0.15, -0.1) is 0 Å². The lowest BCUT2D eigenvalue weighted by atomic mass is 10.0. The Labute approximate surface area is 133 Å². The van der Waals surface area contributed by atoms with Gasteiger partial charge in [0.1, 0.15) is 0 Å². The molecule has 0 saturated carbocycles. The van der Waals surface area contributed by atoms with Gasteiger partial charge in [0.15, 0.2) is 0 Å². The van der Waals surface area contributed by atoms with E-state index in [0.29, 0.717) is 18.5 Å². The number of piperidine rings is 1. The first kappa shape index (κ1) is 15.3. The summed E-state index contributed by atoms with van der Waals surface area (Å²) < 4.78 is 0. The lowest BCUT2D eigenvalue weighted by Gasteiger charge is -2.38. The summed E-state index contributed by atoms with van der Waals surface area (Å²) in [4.78, 5) is 19.3. The SMILES string of the molecule is C[C@@H]1CCCCN1C(=O)CN1CCN(c2ccccc2)CC1. The summed E-state index contributed by atoms with van der Waals surface area (Å²) in [5.41, 5.74) is 1.29. The largest absolute Gasteiger partial charge is 0.369 e. The Bertz CT molecular complexity index is 482. The van der Waals surface area contributed by atoms with Crippen LogP contribution in [0.25, 0.3) is 0 Å². The quantitative estimate of drug-likeness (QED) is 0.856. The number of carbonyl (C=O) groups is 1. The molecule has 4 nitrogen and oxygen atoms in total. The second kappa shape index (κ2) is 7.14. The van der Waals surface area contributed by atoms with Gasteiger partial charge < -0.3 is 9.80 Å². The average Bonchev–Trinajstić information content (AvgIpc) is 2.57. The van der Waals surface area contributed by atoms with Gasteiger partial charge in [0, 0.05) is 44.5 Å². The van der Waals surface area contributed by atoms with E-state index in [1.165, 1.54) is 12.1 Å². The molecular formula is C18H27N3O. The molecule has 2 saturated heterocycles. The Morgan fingerprint density at radius 2 is 1.77 bits per heavy atom. The molecule has 0 aromatic heterocycles. The van der Waals surface area contributed by atoms with Crippen LogP contribution in [0.4, 0.5) is 5.69 Å². The van der Waals surface area contributed by atoms with Gasteiger partial charge in [-0.2, -0.15) is 0 Å². The van der Waals surface area contributed by atoms with E-state index in [1.807, 2.05) is 0 Å². The summed E-state index contributed by atoms with van der Waals surface area (Å²) in [6, 6.07) is 11.0. The molecule has 0 bridgehead atoms. The molecule has 1 aromatic carbocycles. The van der Waals surface area contributed by atoms with E-state index in [2.05, 4.69) is 52.0 Å². The molecule has 2 aliphatic heterocycles. The standard InChI is InChI=1S/C18H27N3O/c1-16-7-5-6-10-21(16)18(22)15-19-11-13-20(14-12-19)17-8-3-2-4-9-17/h2-4,8-9,16H,5-7,10-15H2,1H3/t16-/m1/s1. The van der Waals surface area contributed by atoms with Crippen LogP contribution in [-0.4, -0.2) is 61.0 Å². The lowest BCUT2D eigenvalue weighted by molar-refractivity contribution is -0.135. The summed E-state index contributed by atoms with van der Waals surface area (Å²) in [5.74, 6) is 0.320. The van der Waals surface area contributed by atoms with Crippen molar-refractivity contribution in [3.8, 4) is 0 Å². The van der Waals surface area contributed by atoms with E-state index < -0.39 is 0 Å². The third-order valence-corrected chi connectivity index (χ3v) is 4.98. The van der Waals surface area contributed by atoms with Crippen molar-refractivity contribution in [2.75, 3.05) is 44.2 Å². The molecule has 2 heterocycles. The van der Waals surface area contributed by atoms with E-state index in [9.17, 15) is 4.79 Å². The molecule has 2 aliphatic rings. The van der Waals surface area contributed by atoms with E-state index >= 15 is 0 Å². The Balaban J connectivity index is 1.48. The van der Waals surface area contributed by atoms with Gasteiger partial charge in [0.05, 0.1) is 6.54 Å². The predicted octanol–water partition coefficient (Wildman–Crippen LogP) is 2.21. The van der Waals surface area contributed by atoms with Gasteiger partial charge in [-0.1, -0.05) is 18.2 Å². The van der Waals surface area contributed by atoms with Crippen molar-refractivity contribution >= 4 is 11.6 Å². The van der Waals surface area contributed by atoms with Crippen LogP contribution >= 0.6 is 0 Å². The van der Waals surface area contributed by atoms with Crippen LogP contribution in [0.3, 0.4) is 0 Å². The Hall–Kier alpha value is -1.55. The summed E-state index contributed by atoms with van der Waals surface area (Å²) in [5, 5.41) is 0. The van der Waals surface area contributed by atoms with Crippen molar-refractivity contribution in [1.82, 2.24) is 9.80 Å². The van der Waals surface area contributed by atoms with Crippen molar-refractivity contribution in [2.24, 2.45) is 0 Å². The first-order valence-corrected chi connectivity index (χ1v) is 8.56. The summed E-state index contributed by atoms with van der Waals surface area (Å²) in [7, 11) is 0. The summed E-state index contributed by atoms with van der Waals surface area (Å²) in [6.45, 7) is 7.69. The third kappa shape index (κ3) is 3.61. The molecular weight excluding hydrogens is 274 g/mol. The van der Waals surface area contributed by atoms with E-state index in [-0.39, 0.29) is 0 Å². The van der Waals surface area contributed by atoms with Gasteiger partial charge in [0.2, 0.25) is 5.91 Å². The number of para-hydroxylation sites is 1.